The molecular weight excluding hydrogens is 1010 g/mol. The third kappa shape index (κ3) is 18.4. The molecule has 3 aliphatic carbocycles. The Balaban J connectivity index is 1.27. The highest BCUT2D eigenvalue weighted by molar-refractivity contribution is 6.47. The standard InChI is InChI=1S/C58H97BN8O12/c1-36(46(68)64-41(26-20-22-30-60-51(73)76-54(7,8)9)47(69)63-38(3)59-78-44-35-40-34-43(56(40,13)14)58(44,16)79-59)62-49(71)45(37(2)75-53(4,5)6)66-48(70)42(27-21-23-31-61-52(74)77-55(10,11)12)65-50(72)67-32-28-57(15,29-33-67)39-24-18-17-19-25-39/h17-19,24-25,36-38,40-45H,20-23,26-35H2,1-16H3,(H,60,73)(H,61,74)(H,62,71)(H,63,69)(H,64,68)(H,65,72)(H,66,70). The van der Waals surface area contributed by atoms with Gasteiger partial charge in [0, 0.05) is 26.2 Å². The first-order valence-electron chi connectivity index (χ1n) is 28.9. The van der Waals surface area contributed by atoms with Crippen LogP contribution in [0.4, 0.5) is 14.4 Å². The number of unbranched alkanes of at least 4 members (excludes halogenated alkanes) is 2. The number of ether oxygens (including phenoxy) is 3. The summed E-state index contributed by atoms with van der Waals surface area (Å²) < 4.78 is 30.1. The quantitative estimate of drug-likeness (QED) is 0.0434. The maximum absolute atomic E-state index is 14.5. The van der Waals surface area contributed by atoms with E-state index in [0.717, 1.165) is 25.7 Å². The van der Waals surface area contributed by atoms with Crippen LogP contribution in [0.1, 0.15) is 181 Å². The third-order valence-electron chi connectivity index (χ3n) is 16.1. The van der Waals surface area contributed by atoms with Crippen molar-refractivity contribution in [1.82, 2.24) is 42.1 Å². The van der Waals surface area contributed by atoms with Gasteiger partial charge in [0.25, 0.3) is 0 Å². The fourth-order valence-electron chi connectivity index (χ4n) is 11.5. The topological polar surface area (TPSA) is 253 Å². The van der Waals surface area contributed by atoms with Gasteiger partial charge in [-0.05, 0) is 182 Å². The summed E-state index contributed by atoms with van der Waals surface area (Å²) in [4.78, 5) is 97.8. The van der Waals surface area contributed by atoms with Crippen LogP contribution in [0.25, 0.3) is 0 Å². The maximum Gasteiger partial charge on any atom is 0.481 e. The highest BCUT2D eigenvalue weighted by Gasteiger charge is 2.68. The zero-order valence-electron chi connectivity index (χ0n) is 50.4. The van der Waals surface area contributed by atoms with E-state index < -0.39 is 108 Å². The molecule has 2 heterocycles. The van der Waals surface area contributed by atoms with E-state index in [-0.39, 0.29) is 42.9 Å². The summed E-state index contributed by atoms with van der Waals surface area (Å²) >= 11 is 0. The van der Waals surface area contributed by atoms with Crippen molar-refractivity contribution >= 4 is 49.0 Å². The monoisotopic (exact) mass is 1110 g/mol. The van der Waals surface area contributed by atoms with Gasteiger partial charge < -0.3 is 65.6 Å². The Labute approximate surface area is 471 Å². The van der Waals surface area contributed by atoms with Crippen LogP contribution in [0.15, 0.2) is 30.3 Å². The molecule has 0 radical (unpaired) electrons. The number of hydrogen-bond acceptors (Lipinski definition) is 12. The Morgan fingerprint density at radius 1 is 0.658 bits per heavy atom. The molecular formula is C58H97BN8O12. The molecule has 3 saturated carbocycles. The summed E-state index contributed by atoms with van der Waals surface area (Å²) in [5.41, 5.74) is -1.41. The van der Waals surface area contributed by atoms with Gasteiger partial charge in [0.15, 0.2) is 0 Å². The number of carbonyl (C=O) groups is 7. The van der Waals surface area contributed by atoms with Crippen molar-refractivity contribution in [2.24, 2.45) is 17.3 Å². The number of piperidine rings is 1. The normalized spacial score (nSPS) is 23.6. The largest absolute Gasteiger partial charge is 0.481 e. The number of urea groups is 1. The minimum atomic E-state index is -1.34. The number of alkyl carbamates (subject to hydrolysis) is 2. The first-order chi connectivity index (χ1) is 36.6. The van der Waals surface area contributed by atoms with Crippen molar-refractivity contribution < 1.29 is 57.1 Å². The van der Waals surface area contributed by atoms with Crippen LogP contribution >= 0.6 is 0 Å². The molecule has 2 saturated heterocycles. The molecule has 0 spiro atoms. The lowest BCUT2D eigenvalue weighted by Crippen LogP contribution is -2.65. The summed E-state index contributed by atoms with van der Waals surface area (Å²) in [6, 6.07) is 5.07. The smallest absolute Gasteiger partial charge is 0.444 e. The van der Waals surface area contributed by atoms with Crippen molar-refractivity contribution in [2.75, 3.05) is 26.2 Å². The molecule has 21 heteroatoms. The highest BCUT2D eigenvalue weighted by atomic mass is 16.7. The summed E-state index contributed by atoms with van der Waals surface area (Å²) in [7, 11) is -0.707. The summed E-state index contributed by atoms with van der Waals surface area (Å²) in [6.45, 7) is 31.3. The summed E-state index contributed by atoms with van der Waals surface area (Å²) in [5.74, 6) is -2.22. The average Bonchev–Trinajstić information content (AvgIpc) is 3.92. The summed E-state index contributed by atoms with van der Waals surface area (Å²) in [5, 5.41) is 19.9. The predicted molar refractivity (Wildman–Crippen MR) is 303 cm³/mol. The van der Waals surface area contributed by atoms with E-state index in [4.69, 9.17) is 23.5 Å². The highest BCUT2D eigenvalue weighted by Crippen LogP contribution is 2.65. The van der Waals surface area contributed by atoms with Gasteiger partial charge in [-0.2, -0.15) is 0 Å². The molecule has 1 aromatic carbocycles. The lowest BCUT2D eigenvalue weighted by Gasteiger charge is -2.64. The van der Waals surface area contributed by atoms with E-state index in [1.54, 1.807) is 53.4 Å². The van der Waals surface area contributed by atoms with Crippen molar-refractivity contribution in [3.05, 3.63) is 35.9 Å². The van der Waals surface area contributed by atoms with Gasteiger partial charge in [-0.3, -0.25) is 19.2 Å². The van der Waals surface area contributed by atoms with Gasteiger partial charge in [-0.15, -0.1) is 0 Å². The molecule has 10 unspecified atom stereocenters. The van der Waals surface area contributed by atoms with Crippen molar-refractivity contribution in [3.8, 4) is 0 Å². The number of nitrogens with zero attached hydrogens (tertiary/aromatic N) is 1. The number of likely N-dealkylation sites (tertiary alicyclic amines) is 1. The van der Waals surface area contributed by atoms with Gasteiger partial charge in [0.1, 0.15) is 35.4 Å². The Kier molecular flexibility index (Phi) is 21.8. The molecule has 444 valence electrons. The Hall–Kier alpha value is -5.15. The van der Waals surface area contributed by atoms with Crippen LogP contribution in [0.3, 0.4) is 0 Å². The van der Waals surface area contributed by atoms with E-state index >= 15 is 0 Å². The third-order valence-corrected chi connectivity index (χ3v) is 16.1. The van der Waals surface area contributed by atoms with Gasteiger partial charge in [-0.25, -0.2) is 14.4 Å². The van der Waals surface area contributed by atoms with Crippen molar-refractivity contribution in [3.63, 3.8) is 0 Å². The minimum absolute atomic E-state index is 0.0992. The average molecular weight is 1110 g/mol. The molecule has 8 amide bonds. The second-order valence-electron chi connectivity index (χ2n) is 26.6. The lowest BCUT2D eigenvalue weighted by molar-refractivity contribution is -0.199. The molecule has 20 nitrogen and oxygen atoms in total. The van der Waals surface area contributed by atoms with E-state index in [1.165, 1.54) is 12.5 Å². The Bertz CT molecular complexity index is 2260. The number of carbonyl (C=O) groups excluding carboxylic acids is 7. The van der Waals surface area contributed by atoms with E-state index in [1.807, 2.05) is 45.9 Å². The molecule has 6 rings (SSSR count). The number of amides is 8. The van der Waals surface area contributed by atoms with Crippen LogP contribution < -0.4 is 37.2 Å². The van der Waals surface area contributed by atoms with Gasteiger partial charge in [0.2, 0.25) is 23.6 Å². The van der Waals surface area contributed by atoms with Gasteiger partial charge >= 0.3 is 25.3 Å². The molecule has 2 bridgehead atoms. The zero-order valence-corrected chi connectivity index (χ0v) is 50.4. The molecule has 7 N–H and O–H groups in total. The van der Waals surface area contributed by atoms with E-state index in [0.29, 0.717) is 50.6 Å². The molecule has 79 heavy (non-hydrogen) atoms. The SMILES string of the molecule is CC(NC(=O)C(CCCCNC(=O)OC(C)(C)C)NC(=O)C(C)NC(=O)C(NC(=O)C(CCCCNC(=O)OC(C)(C)C)NC(=O)N1CCC(C)(c2ccccc2)CC1)C(C)OC(C)(C)C)B1OC2CC3CC(C3(C)C)C2(C)O1. The van der Waals surface area contributed by atoms with Crippen LogP contribution in [0.5, 0.6) is 0 Å². The van der Waals surface area contributed by atoms with Crippen molar-refractivity contribution in [1.29, 1.82) is 0 Å². The molecule has 5 fully saturated rings. The number of rotatable bonds is 23. The molecule has 2 aliphatic heterocycles. The Morgan fingerprint density at radius 2 is 1.19 bits per heavy atom. The molecule has 1 aromatic rings. The molecule has 10 atom stereocenters. The number of nitrogens with one attached hydrogen (secondary N) is 7. The van der Waals surface area contributed by atoms with Crippen LogP contribution in [0, 0.1) is 17.3 Å². The lowest BCUT2D eigenvalue weighted by atomic mass is 9.43. The Morgan fingerprint density at radius 3 is 1.71 bits per heavy atom. The van der Waals surface area contributed by atoms with Gasteiger partial charge in [0.05, 0.1) is 29.4 Å². The first kappa shape index (κ1) is 64.7. The molecule has 5 aliphatic rings. The maximum atomic E-state index is 14.5. The fraction of sp³-hybridized carbons (Fsp3) is 0.776. The molecule has 0 aromatic heterocycles. The zero-order chi connectivity index (χ0) is 58.9. The summed E-state index contributed by atoms with van der Waals surface area (Å²) in [6.07, 6.45) is 3.35. The van der Waals surface area contributed by atoms with Crippen LogP contribution in [-0.2, 0) is 48.1 Å². The fourth-order valence-corrected chi connectivity index (χ4v) is 11.5. The minimum Gasteiger partial charge on any atom is -0.444 e. The van der Waals surface area contributed by atoms with E-state index in [9.17, 15) is 33.6 Å². The number of hydrogen-bond donors (Lipinski definition) is 7. The van der Waals surface area contributed by atoms with Crippen LogP contribution in [0.2, 0.25) is 0 Å². The predicted octanol–water partition coefficient (Wildman–Crippen LogP) is 6.96. The van der Waals surface area contributed by atoms with Crippen LogP contribution in [-0.4, -0.2) is 145 Å². The van der Waals surface area contributed by atoms with Crippen molar-refractivity contribution in [2.45, 2.75) is 245 Å². The van der Waals surface area contributed by atoms with E-state index in [2.05, 4.69) is 77.0 Å². The number of benzene rings is 1. The van der Waals surface area contributed by atoms with Gasteiger partial charge in [-0.1, -0.05) is 51.1 Å². The second kappa shape index (κ2) is 26.6. The first-order valence-corrected chi connectivity index (χ1v) is 28.9. The second-order valence-corrected chi connectivity index (χ2v) is 26.6.